The largest absolute Gasteiger partial charge is 0.490 e. The van der Waals surface area contributed by atoms with Crippen LogP contribution in [0.1, 0.15) is 29.5 Å². The maximum atomic E-state index is 10.2. The fraction of sp³-hybridized carbons (Fsp3) is 0.647. The zero-order valence-electron chi connectivity index (χ0n) is 13.3. The first-order chi connectivity index (χ1) is 9.97. The van der Waals surface area contributed by atoms with Gasteiger partial charge >= 0.3 is 0 Å². The number of piperidine rings is 1. The number of benzene rings is 1. The molecule has 1 aromatic rings. The third-order valence-corrected chi connectivity index (χ3v) is 4.24. The summed E-state index contributed by atoms with van der Waals surface area (Å²) in [5, 5.41) is 19.8. The van der Waals surface area contributed by atoms with Crippen LogP contribution in [0.15, 0.2) is 12.1 Å². The van der Waals surface area contributed by atoms with Gasteiger partial charge in [-0.2, -0.15) is 0 Å². The molecule has 0 saturated carbocycles. The molecule has 0 aromatic heterocycles. The monoisotopic (exact) mass is 293 g/mol. The average Bonchev–Trinajstić information content (AvgIpc) is 2.43. The summed E-state index contributed by atoms with van der Waals surface area (Å²) in [4.78, 5) is 2.11. The highest BCUT2D eigenvalue weighted by Crippen LogP contribution is 2.25. The molecule has 1 aliphatic heterocycles. The first kappa shape index (κ1) is 16.3. The first-order valence-corrected chi connectivity index (χ1v) is 7.75. The third kappa shape index (κ3) is 4.43. The molecule has 4 heteroatoms. The molecule has 0 radical (unpaired) electrons. The van der Waals surface area contributed by atoms with Gasteiger partial charge in [-0.3, -0.25) is 4.90 Å². The van der Waals surface area contributed by atoms with Crippen LogP contribution in [0.3, 0.4) is 0 Å². The SMILES string of the molecule is Cc1ccc(C)c(OC[C@@H](O)CN2CCC[C@@H](O)C2)c1C. The molecule has 118 valence electrons. The average molecular weight is 293 g/mol. The van der Waals surface area contributed by atoms with Gasteiger partial charge in [-0.05, 0) is 56.8 Å². The Morgan fingerprint density at radius 3 is 2.71 bits per heavy atom. The number of nitrogens with zero attached hydrogens (tertiary/aromatic N) is 1. The lowest BCUT2D eigenvalue weighted by Gasteiger charge is -2.31. The van der Waals surface area contributed by atoms with Crippen LogP contribution in [0.5, 0.6) is 5.75 Å². The summed E-state index contributed by atoms with van der Waals surface area (Å²) in [6, 6.07) is 4.13. The van der Waals surface area contributed by atoms with E-state index in [-0.39, 0.29) is 12.7 Å². The van der Waals surface area contributed by atoms with Gasteiger partial charge in [-0.25, -0.2) is 0 Å². The summed E-state index contributed by atoms with van der Waals surface area (Å²) in [5.74, 6) is 0.882. The van der Waals surface area contributed by atoms with Gasteiger partial charge in [0, 0.05) is 13.1 Å². The number of rotatable bonds is 5. The van der Waals surface area contributed by atoms with Gasteiger partial charge in [0.05, 0.1) is 6.10 Å². The van der Waals surface area contributed by atoms with Crippen LogP contribution in [0.4, 0.5) is 0 Å². The minimum Gasteiger partial charge on any atom is -0.490 e. The molecule has 2 atom stereocenters. The van der Waals surface area contributed by atoms with E-state index in [1.54, 1.807) is 0 Å². The maximum Gasteiger partial charge on any atom is 0.125 e. The zero-order chi connectivity index (χ0) is 15.4. The molecule has 2 rings (SSSR count). The summed E-state index contributed by atoms with van der Waals surface area (Å²) < 4.78 is 5.84. The van der Waals surface area contributed by atoms with E-state index in [2.05, 4.69) is 17.9 Å². The molecule has 1 saturated heterocycles. The minimum atomic E-state index is -0.533. The number of aliphatic hydroxyl groups excluding tert-OH is 2. The van der Waals surface area contributed by atoms with Crippen molar-refractivity contribution in [3.63, 3.8) is 0 Å². The Bertz CT molecular complexity index is 475. The fourth-order valence-corrected chi connectivity index (χ4v) is 2.87. The minimum absolute atomic E-state index is 0.256. The predicted molar refractivity (Wildman–Crippen MR) is 83.8 cm³/mol. The molecule has 1 fully saturated rings. The summed E-state index contributed by atoms with van der Waals surface area (Å²) in [7, 11) is 0. The molecule has 2 N–H and O–H groups in total. The van der Waals surface area contributed by atoms with E-state index in [0.29, 0.717) is 13.1 Å². The van der Waals surface area contributed by atoms with Crippen molar-refractivity contribution in [2.24, 2.45) is 0 Å². The van der Waals surface area contributed by atoms with Crippen molar-refractivity contribution in [1.82, 2.24) is 4.90 Å². The lowest BCUT2D eigenvalue weighted by Crippen LogP contribution is -2.43. The Morgan fingerprint density at radius 2 is 2.00 bits per heavy atom. The van der Waals surface area contributed by atoms with Crippen LogP contribution in [0.2, 0.25) is 0 Å². The lowest BCUT2D eigenvalue weighted by atomic mass is 10.1. The molecule has 0 unspecified atom stereocenters. The van der Waals surface area contributed by atoms with E-state index < -0.39 is 6.10 Å². The van der Waals surface area contributed by atoms with Crippen molar-refractivity contribution in [3.05, 3.63) is 28.8 Å². The van der Waals surface area contributed by atoms with E-state index in [9.17, 15) is 10.2 Å². The Morgan fingerprint density at radius 1 is 1.29 bits per heavy atom. The van der Waals surface area contributed by atoms with Gasteiger partial charge in [0.2, 0.25) is 0 Å². The molecule has 0 spiro atoms. The Labute approximate surface area is 127 Å². The van der Waals surface area contributed by atoms with Crippen molar-refractivity contribution < 1.29 is 14.9 Å². The molecule has 4 nitrogen and oxygen atoms in total. The number of ether oxygens (including phenoxy) is 1. The van der Waals surface area contributed by atoms with Crippen LogP contribution >= 0.6 is 0 Å². The molecular weight excluding hydrogens is 266 g/mol. The molecule has 21 heavy (non-hydrogen) atoms. The quantitative estimate of drug-likeness (QED) is 0.869. The number of aliphatic hydroxyl groups is 2. The summed E-state index contributed by atoms with van der Waals surface area (Å²) in [6.07, 6.45) is 1.07. The number of aryl methyl sites for hydroxylation is 2. The molecule has 1 aliphatic rings. The van der Waals surface area contributed by atoms with Gasteiger partial charge in [0.15, 0.2) is 0 Å². The van der Waals surface area contributed by atoms with Crippen molar-refractivity contribution in [1.29, 1.82) is 0 Å². The van der Waals surface area contributed by atoms with E-state index >= 15 is 0 Å². The Kier molecular flexibility index (Phi) is 5.62. The van der Waals surface area contributed by atoms with Crippen LogP contribution < -0.4 is 4.74 Å². The van der Waals surface area contributed by atoms with Gasteiger partial charge in [-0.15, -0.1) is 0 Å². The summed E-state index contributed by atoms with van der Waals surface area (Å²) in [5.41, 5.74) is 3.43. The van der Waals surface area contributed by atoms with Crippen molar-refractivity contribution >= 4 is 0 Å². The highest BCUT2D eigenvalue weighted by Gasteiger charge is 2.20. The molecule has 1 aromatic carbocycles. The standard InChI is InChI=1S/C17H27NO3/c1-12-6-7-13(2)17(14(12)3)21-11-16(20)10-18-8-4-5-15(19)9-18/h6-7,15-16,19-20H,4-5,8-11H2,1-3H3/t15-,16+/m1/s1. The predicted octanol–water partition coefficient (Wildman–Crippen LogP) is 1.81. The number of likely N-dealkylation sites (tertiary alicyclic amines) is 1. The molecule has 0 amide bonds. The summed E-state index contributed by atoms with van der Waals surface area (Å²) >= 11 is 0. The fourth-order valence-electron chi connectivity index (χ4n) is 2.87. The van der Waals surface area contributed by atoms with Crippen LogP contribution in [-0.4, -0.2) is 53.6 Å². The van der Waals surface area contributed by atoms with Crippen molar-refractivity contribution in [2.45, 2.75) is 45.8 Å². The van der Waals surface area contributed by atoms with Gasteiger partial charge in [-0.1, -0.05) is 12.1 Å². The highest BCUT2D eigenvalue weighted by molar-refractivity contribution is 5.44. The molecule has 0 bridgehead atoms. The lowest BCUT2D eigenvalue weighted by molar-refractivity contribution is 0.0241. The maximum absolute atomic E-state index is 10.2. The first-order valence-electron chi connectivity index (χ1n) is 7.75. The second-order valence-corrected chi connectivity index (χ2v) is 6.17. The molecule has 0 aliphatic carbocycles. The highest BCUT2D eigenvalue weighted by atomic mass is 16.5. The van der Waals surface area contributed by atoms with Gasteiger partial charge in [0.25, 0.3) is 0 Å². The normalized spacial score (nSPS) is 21.3. The Hall–Kier alpha value is -1.10. The Balaban J connectivity index is 1.86. The van der Waals surface area contributed by atoms with E-state index in [1.165, 1.54) is 5.56 Å². The second-order valence-electron chi connectivity index (χ2n) is 6.17. The molecule has 1 heterocycles. The third-order valence-electron chi connectivity index (χ3n) is 4.24. The van der Waals surface area contributed by atoms with Crippen LogP contribution in [-0.2, 0) is 0 Å². The van der Waals surface area contributed by atoms with Crippen molar-refractivity contribution in [3.8, 4) is 5.75 Å². The van der Waals surface area contributed by atoms with E-state index in [1.807, 2.05) is 19.9 Å². The van der Waals surface area contributed by atoms with E-state index in [0.717, 1.165) is 36.3 Å². The zero-order valence-corrected chi connectivity index (χ0v) is 13.3. The van der Waals surface area contributed by atoms with Crippen molar-refractivity contribution in [2.75, 3.05) is 26.2 Å². The van der Waals surface area contributed by atoms with Gasteiger partial charge in [0.1, 0.15) is 18.5 Å². The van der Waals surface area contributed by atoms with Gasteiger partial charge < -0.3 is 14.9 Å². The summed E-state index contributed by atoms with van der Waals surface area (Å²) in [6.45, 7) is 8.57. The van der Waals surface area contributed by atoms with Crippen LogP contribution in [0, 0.1) is 20.8 Å². The topological polar surface area (TPSA) is 52.9 Å². The second kappa shape index (κ2) is 7.25. The van der Waals surface area contributed by atoms with Crippen LogP contribution in [0.25, 0.3) is 0 Å². The van der Waals surface area contributed by atoms with E-state index in [4.69, 9.17) is 4.74 Å². The number of β-amino-alcohol motifs (C(OH)–C–C–N with tert-alkyl or cyclic N) is 2. The smallest absolute Gasteiger partial charge is 0.125 e. The number of hydrogen-bond acceptors (Lipinski definition) is 4. The molecular formula is C17H27NO3. The number of hydrogen-bond donors (Lipinski definition) is 2.